The van der Waals surface area contributed by atoms with Gasteiger partial charge < -0.3 is 5.11 Å². The number of carbonyl (C=O) groups is 1. The monoisotopic (exact) mass is 347 g/mol. The van der Waals surface area contributed by atoms with Crippen LogP contribution < -0.4 is 0 Å². The van der Waals surface area contributed by atoms with Crippen molar-refractivity contribution in [3.8, 4) is 0 Å². The van der Waals surface area contributed by atoms with Crippen LogP contribution in [-0.4, -0.2) is 29.1 Å². The van der Waals surface area contributed by atoms with Gasteiger partial charge in [0.1, 0.15) is 5.82 Å². The quantitative estimate of drug-likeness (QED) is 0.893. The van der Waals surface area contributed by atoms with Crippen LogP contribution in [0, 0.1) is 11.7 Å². The smallest absolute Gasteiger partial charge is 0.306 e. The molecule has 24 heavy (non-hydrogen) atoms. The number of benzene rings is 2. The lowest BCUT2D eigenvalue weighted by Crippen LogP contribution is -2.39. The van der Waals surface area contributed by atoms with Gasteiger partial charge >= 0.3 is 5.97 Å². The maximum atomic E-state index is 13.7. The minimum absolute atomic E-state index is 0.177. The average molecular weight is 348 g/mol. The van der Waals surface area contributed by atoms with E-state index in [2.05, 4.69) is 4.90 Å². The number of carboxylic acid groups (broad SMARTS) is 1. The first-order valence-corrected chi connectivity index (χ1v) is 8.41. The second-order valence-corrected chi connectivity index (χ2v) is 6.53. The van der Waals surface area contributed by atoms with Gasteiger partial charge in [-0.2, -0.15) is 0 Å². The zero-order valence-electron chi connectivity index (χ0n) is 13.2. The summed E-state index contributed by atoms with van der Waals surface area (Å²) in [5.41, 5.74) is 1.75. The Bertz CT molecular complexity index is 729. The van der Waals surface area contributed by atoms with Crippen molar-refractivity contribution < 1.29 is 14.3 Å². The molecular weight excluding hydrogens is 329 g/mol. The summed E-state index contributed by atoms with van der Waals surface area (Å²) in [6.45, 7) is 1.28. The molecule has 1 aliphatic rings. The lowest BCUT2D eigenvalue weighted by atomic mass is 9.91. The van der Waals surface area contributed by atoms with E-state index in [0.717, 1.165) is 11.1 Å². The largest absolute Gasteiger partial charge is 0.481 e. The van der Waals surface area contributed by atoms with Gasteiger partial charge in [0, 0.05) is 5.02 Å². The molecule has 2 aromatic carbocycles. The second-order valence-electron chi connectivity index (χ2n) is 6.13. The van der Waals surface area contributed by atoms with Gasteiger partial charge in [-0.15, -0.1) is 0 Å². The third kappa shape index (κ3) is 3.60. The molecule has 1 fully saturated rings. The van der Waals surface area contributed by atoms with Crippen LogP contribution in [0.3, 0.4) is 0 Å². The third-order valence-corrected chi connectivity index (χ3v) is 4.95. The molecule has 0 bridgehead atoms. The SMILES string of the molecule is O=C(O)C1CCN(C(c2cccc(F)c2)c2ccccc2Cl)CC1. The first kappa shape index (κ1) is 16.9. The first-order valence-electron chi connectivity index (χ1n) is 8.03. The molecule has 1 N–H and O–H groups in total. The van der Waals surface area contributed by atoms with E-state index in [9.17, 15) is 14.3 Å². The molecule has 3 nitrogen and oxygen atoms in total. The molecule has 126 valence electrons. The molecule has 2 aromatic rings. The van der Waals surface area contributed by atoms with Crippen LogP contribution in [0.2, 0.25) is 5.02 Å². The molecule has 1 atom stereocenters. The number of carboxylic acids is 1. The van der Waals surface area contributed by atoms with E-state index in [4.69, 9.17) is 11.6 Å². The van der Waals surface area contributed by atoms with E-state index in [-0.39, 0.29) is 17.8 Å². The number of hydrogen-bond donors (Lipinski definition) is 1. The minimum atomic E-state index is -0.741. The highest BCUT2D eigenvalue weighted by Crippen LogP contribution is 2.36. The predicted octanol–water partition coefficient (Wildman–Crippen LogP) is 4.37. The topological polar surface area (TPSA) is 40.5 Å². The Morgan fingerprint density at radius 3 is 2.50 bits per heavy atom. The normalized spacial score (nSPS) is 17.6. The number of rotatable bonds is 4. The van der Waals surface area contributed by atoms with E-state index in [1.54, 1.807) is 6.07 Å². The molecule has 1 aliphatic heterocycles. The summed E-state index contributed by atoms with van der Waals surface area (Å²) in [5, 5.41) is 9.82. The zero-order valence-corrected chi connectivity index (χ0v) is 13.9. The van der Waals surface area contributed by atoms with Crippen molar-refractivity contribution in [3.05, 3.63) is 70.5 Å². The molecule has 1 saturated heterocycles. The Morgan fingerprint density at radius 2 is 1.88 bits per heavy atom. The standard InChI is InChI=1S/C19H19ClFNO2/c20-17-7-2-1-6-16(17)18(14-4-3-5-15(21)12-14)22-10-8-13(9-11-22)19(23)24/h1-7,12-13,18H,8-11H2,(H,23,24). The van der Waals surface area contributed by atoms with Crippen LogP contribution in [0.15, 0.2) is 48.5 Å². The fraction of sp³-hybridized carbons (Fsp3) is 0.316. The summed E-state index contributed by atoms with van der Waals surface area (Å²) in [5.74, 6) is -1.33. The van der Waals surface area contributed by atoms with E-state index in [0.29, 0.717) is 31.0 Å². The molecule has 1 heterocycles. The Labute approximate surface area is 145 Å². The lowest BCUT2D eigenvalue weighted by molar-refractivity contribution is -0.143. The van der Waals surface area contributed by atoms with E-state index in [1.165, 1.54) is 12.1 Å². The number of likely N-dealkylation sites (tertiary alicyclic amines) is 1. The summed E-state index contributed by atoms with van der Waals surface area (Å²) in [4.78, 5) is 13.4. The summed E-state index contributed by atoms with van der Waals surface area (Å²) in [7, 11) is 0. The number of nitrogens with zero attached hydrogens (tertiary/aromatic N) is 1. The predicted molar refractivity (Wildman–Crippen MR) is 91.6 cm³/mol. The molecule has 3 rings (SSSR count). The summed E-state index contributed by atoms with van der Waals surface area (Å²) in [6, 6.07) is 13.9. The third-order valence-electron chi connectivity index (χ3n) is 4.61. The van der Waals surface area contributed by atoms with Gasteiger partial charge in [0.2, 0.25) is 0 Å². The van der Waals surface area contributed by atoms with Gasteiger partial charge in [-0.1, -0.05) is 41.9 Å². The van der Waals surface area contributed by atoms with Crippen molar-refractivity contribution in [1.29, 1.82) is 0 Å². The van der Waals surface area contributed by atoms with Crippen molar-refractivity contribution in [1.82, 2.24) is 4.90 Å². The highest BCUT2D eigenvalue weighted by Gasteiger charge is 2.31. The molecule has 0 aromatic heterocycles. The highest BCUT2D eigenvalue weighted by atomic mass is 35.5. The van der Waals surface area contributed by atoms with Gasteiger partial charge in [0.25, 0.3) is 0 Å². The Hall–Kier alpha value is -1.91. The molecule has 5 heteroatoms. The maximum Gasteiger partial charge on any atom is 0.306 e. The molecule has 0 saturated carbocycles. The van der Waals surface area contributed by atoms with Crippen LogP contribution in [-0.2, 0) is 4.79 Å². The van der Waals surface area contributed by atoms with Crippen molar-refractivity contribution >= 4 is 17.6 Å². The minimum Gasteiger partial charge on any atom is -0.481 e. The molecular formula is C19H19ClFNO2. The Kier molecular flexibility index (Phi) is 5.17. The van der Waals surface area contributed by atoms with Crippen molar-refractivity contribution in [3.63, 3.8) is 0 Å². The van der Waals surface area contributed by atoms with Crippen LogP contribution in [0.1, 0.15) is 30.0 Å². The fourth-order valence-corrected chi connectivity index (χ4v) is 3.60. The van der Waals surface area contributed by atoms with E-state index < -0.39 is 5.97 Å². The zero-order chi connectivity index (χ0) is 17.1. The van der Waals surface area contributed by atoms with Gasteiger partial charge in [-0.3, -0.25) is 9.69 Å². The van der Waals surface area contributed by atoms with Crippen LogP contribution in [0.5, 0.6) is 0 Å². The molecule has 0 aliphatic carbocycles. The molecule has 0 spiro atoms. The second kappa shape index (κ2) is 7.32. The van der Waals surface area contributed by atoms with Crippen molar-refractivity contribution in [2.75, 3.05) is 13.1 Å². The van der Waals surface area contributed by atoms with Crippen LogP contribution in [0.25, 0.3) is 0 Å². The first-order chi connectivity index (χ1) is 11.6. The van der Waals surface area contributed by atoms with E-state index in [1.807, 2.05) is 30.3 Å². The molecule has 1 unspecified atom stereocenters. The van der Waals surface area contributed by atoms with Gasteiger partial charge in [0.05, 0.1) is 12.0 Å². The van der Waals surface area contributed by atoms with Gasteiger partial charge in [0.15, 0.2) is 0 Å². The number of aliphatic carboxylic acids is 1. The van der Waals surface area contributed by atoms with Crippen molar-refractivity contribution in [2.24, 2.45) is 5.92 Å². The molecule has 0 radical (unpaired) electrons. The summed E-state index contributed by atoms with van der Waals surface area (Å²) < 4.78 is 13.7. The van der Waals surface area contributed by atoms with Crippen LogP contribution in [0.4, 0.5) is 4.39 Å². The van der Waals surface area contributed by atoms with Gasteiger partial charge in [-0.05, 0) is 55.3 Å². The summed E-state index contributed by atoms with van der Waals surface area (Å²) >= 11 is 6.39. The Balaban J connectivity index is 1.95. The number of halogens is 2. The lowest BCUT2D eigenvalue weighted by Gasteiger charge is -2.37. The highest BCUT2D eigenvalue weighted by molar-refractivity contribution is 6.31. The molecule has 0 amide bonds. The summed E-state index contributed by atoms with van der Waals surface area (Å²) in [6.07, 6.45) is 1.18. The Morgan fingerprint density at radius 1 is 1.17 bits per heavy atom. The van der Waals surface area contributed by atoms with E-state index >= 15 is 0 Å². The number of hydrogen-bond acceptors (Lipinski definition) is 2. The van der Waals surface area contributed by atoms with Gasteiger partial charge in [-0.25, -0.2) is 4.39 Å². The average Bonchev–Trinajstić information content (AvgIpc) is 2.57. The number of piperidine rings is 1. The van der Waals surface area contributed by atoms with Crippen LogP contribution >= 0.6 is 11.6 Å². The fourth-order valence-electron chi connectivity index (χ4n) is 3.37. The maximum absolute atomic E-state index is 13.7. The van der Waals surface area contributed by atoms with Crippen molar-refractivity contribution in [2.45, 2.75) is 18.9 Å².